The summed E-state index contributed by atoms with van der Waals surface area (Å²) in [6.07, 6.45) is 3.96. The van der Waals surface area contributed by atoms with Gasteiger partial charge in [0.25, 0.3) is 5.91 Å². The Kier molecular flexibility index (Phi) is 6.08. The molecule has 2 aliphatic rings. The second-order valence-electron chi connectivity index (χ2n) is 8.55. The second-order valence-corrected chi connectivity index (χ2v) is 8.55. The van der Waals surface area contributed by atoms with Crippen molar-refractivity contribution in [3.8, 4) is 0 Å². The van der Waals surface area contributed by atoms with E-state index in [0.717, 1.165) is 51.4 Å². The fraction of sp³-hybridized carbons (Fsp3) is 0.682. The van der Waals surface area contributed by atoms with E-state index in [1.54, 1.807) is 0 Å². The average Bonchev–Trinajstić information content (AvgIpc) is 3.47. The van der Waals surface area contributed by atoms with E-state index in [1.807, 2.05) is 4.90 Å². The van der Waals surface area contributed by atoms with Crippen molar-refractivity contribution < 1.29 is 23.1 Å². The Labute approximate surface area is 164 Å². The molecule has 6 heteroatoms. The zero-order valence-electron chi connectivity index (χ0n) is 16.6. The Morgan fingerprint density at radius 3 is 1.96 bits per heavy atom. The molecule has 0 aromatic heterocycles. The number of benzene rings is 1. The Morgan fingerprint density at radius 1 is 1.04 bits per heavy atom. The first-order valence-electron chi connectivity index (χ1n) is 10.4. The Balaban J connectivity index is 1.72. The zero-order valence-corrected chi connectivity index (χ0v) is 16.6. The van der Waals surface area contributed by atoms with Gasteiger partial charge in [0, 0.05) is 17.6 Å². The molecule has 0 aliphatic heterocycles. The average molecular weight is 397 g/mol. The third-order valence-electron chi connectivity index (χ3n) is 6.33. The third-order valence-corrected chi connectivity index (χ3v) is 6.33. The highest BCUT2D eigenvalue weighted by Gasteiger charge is 2.51. The van der Waals surface area contributed by atoms with Gasteiger partial charge in [-0.15, -0.1) is 0 Å². The van der Waals surface area contributed by atoms with Gasteiger partial charge in [-0.05, 0) is 69.1 Å². The summed E-state index contributed by atoms with van der Waals surface area (Å²) in [6, 6.07) is 5.74. The quantitative estimate of drug-likeness (QED) is 0.696. The first-order valence-corrected chi connectivity index (χ1v) is 10.4. The summed E-state index contributed by atoms with van der Waals surface area (Å²) in [5.41, 5.74) is -2.79. The Morgan fingerprint density at radius 2 is 1.54 bits per heavy atom. The summed E-state index contributed by atoms with van der Waals surface area (Å²) in [6.45, 7) is 2.93. The number of alkyl halides is 3. The second kappa shape index (κ2) is 8.05. The van der Waals surface area contributed by atoms with Crippen LogP contribution < -0.4 is 0 Å². The fourth-order valence-electron chi connectivity index (χ4n) is 4.35. The first-order chi connectivity index (χ1) is 13.1. The van der Waals surface area contributed by atoms with Crippen molar-refractivity contribution in [1.29, 1.82) is 0 Å². The standard InChI is InChI=1S/C22H30F3NO2/c1-3-4-15-5-11-18(12-6-15)26(19-13-14-19)20(27)16-7-9-17(10-8-16)21(2,28)22(23,24)25/h7-10,15,18-19,28H,3-6,11-14H2,1-2H3/t15-,18+,21-/m0/s1. The molecule has 0 heterocycles. The Bertz CT molecular complexity index is 672. The minimum absolute atomic E-state index is 0.0976. The van der Waals surface area contributed by atoms with E-state index < -0.39 is 11.8 Å². The van der Waals surface area contributed by atoms with Gasteiger partial charge >= 0.3 is 6.18 Å². The lowest BCUT2D eigenvalue weighted by atomic mass is 9.82. The maximum Gasteiger partial charge on any atom is 0.421 e. The summed E-state index contributed by atoms with van der Waals surface area (Å²) in [5.74, 6) is 0.654. The topological polar surface area (TPSA) is 40.5 Å². The van der Waals surface area contributed by atoms with Crippen molar-refractivity contribution in [3.05, 3.63) is 35.4 Å². The lowest BCUT2D eigenvalue weighted by Crippen LogP contribution is -2.44. The molecule has 0 saturated heterocycles. The van der Waals surface area contributed by atoms with Gasteiger partial charge in [-0.25, -0.2) is 0 Å². The summed E-state index contributed by atoms with van der Waals surface area (Å²) in [4.78, 5) is 15.1. The van der Waals surface area contributed by atoms with Gasteiger partial charge in [-0.2, -0.15) is 13.2 Å². The molecule has 0 unspecified atom stereocenters. The number of hydrogen-bond acceptors (Lipinski definition) is 2. The van der Waals surface area contributed by atoms with Gasteiger partial charge in [-0.1, -0.05) is 31.9 Å². The Hall–Kier alpha value is -1.56. The van der Waals surface area contributed by atoms with Crippen LogP contribution in [0.2, 0.25) is 0 Å². The first kappa shape index (κ1) is 21.2. The lowest BCUT2D eigenvalue weighted by molar-refractivity contribution is -0.258. The summed E-state index contributed by atoms with van der Waals surface area (Å²) in [5, 5.41) is 9.81. The van der Waals surface area contributed by atoms with Crippen LogP contribution in [0.25, 0.3) is 0 Å². The van der Waals surface area contributed by atoms with Crippen molar-refractivity contribution in [2.24, 2.45) is 5.92 Å². The molecule has 28 heavy (non-hydrogen) atoms. The molecule has 3 nitrogen and oxygen atoms in total. The van der Waals surface area contributed by atoms with E-state index >= 15 is 0 Å². The van der Waals surface area contributed by atoms with Crippen molar-refractivity contribution in [1.82, 2.24) is 4.90 Å². The van der Waals surface area contributed by atoms with Gasteiger partial charge in [0.1, 0.15) is 0 Å². The number of aliphatic hydroxyl groups is 1. The van der Waals surface area contributed by atoms with E-state index in [-0.39, 0.29) is 23.6 Å². The maximum absolute atomic E-state index is 13.1. The molecule has 1 atom stereocenters. The number of halogens is 3. The van der Waals surface area contributed by atoms with Crippen LogP contribution in [0.15, 0.2) is 24.3 Å². The number of carbonyl (C=O) groups excluding carboxylic acids is 1. The van der Waals surface area contributed by atoms with Crippen LogP contribution in [0.3, 0.4) is 0 Å². The highest BCUT2D eigenvalue weighted by Crippen LogP contribution is 2.40. The van der Waals surface area contributed by atoms with Crippen LogP contribution in [0.5, 0.6) is 0 Å². The van der Waals surface area contributed by atoms with Gasteiger partial charge in [0.15, 0.2) is 5.60 Å². The molecule has 2 saturated carbocycles. The third kappa shape index (κ3) is 4.37. The van der Waals surface area contributed by atoms with E-state index in [0.29, 0.717) is 5.56 Å². The summed E-state index contributed by atoms with van der Waals surface area (Å²) in [7, 11) is 0. The smallest absolute Gasteiger partial charge is 0.376 e. The number of carbonyl (C=O) groups is 1. The minimum atomic E-state index is -4.77. The molecule has 2 aliphatic carbocycles. The molecule has 1 aromatic rings. The van der Waals surface area contributed by atoms with Crippen molar-refractivity contribution in [3.63, 3.8) is 0 Å². The molecule has 1 N–H and O–H groups in total. The van der Waals surface area contributed by atoms with Crippen LogP contribution in [0.4, 0.5) is 13.2 Å². The SMILES string of the molecule is CCC[C@H]1CC[C@@H](N(C(=O)c2ccc([C@](C)(O)C(F)(F)F)cc2)C2CC2)CC1. The lowest BCUT2D eigenvalue weighted by Gasteiger charge is -2.37. The summed E-state index contributed by atoms with van der Waals surface area (Å²) >= 11 is 0. The highest BCUT2D eigenvalue weighted by molar-refractivity contribution is 5.95. The van der Waals surface area contributed by atoms with Crippen LogP contribution in [0.1, 0.15) is 81.1 Å². The fourth-order valence-corrected chi connectivity index (χ4v) is 4.35. The zero-order chi connectivity index (χ0) is 20.5. The van der Waals surface area contributed by atoms with E-state index in [4.69, 9.17) is 0 Å². The molecular formula is C22H30F3NO2. The minimum Gasteiger partial charge on any atom is -0.376 e. The van der Waals surface area contributed by atoms with Crippen LogP contribution >= 0.6 is 0 Å². The molecule has 156 valence electrons. The number of amides is 1. The van der Waals surface area contributed by atoms with Gasteiger partial charge in [-0.3, -0.25) is 4.79 Å². The molecule has 0 radical (unpaired) electrons. The molecule has 2 fully saturated rings. The number of nitrogens with zero attached hydrogens (tertiary/aromatic N) is 1. The molecule has 1 aromatic carbocycles. The molecule has 0 spiro atoms. The van der Waals surface area contributed by atoms with Crippen molar-refractivity contribution in [2.45, 2.75) is 89.1 Å². The maximum atomic E-state index is 13.1. The predicted octanol–water partition coefficient (Wildman–Crippen LogP) is 5.42. The van der Waals surface area contributed by atoms with E-state index in [2.05, 4.69) is 6.92 Å². The summed E-state index contributed by atoms with van der Waals surface area (Å²) < 4.78 is 39.1. The molecular weight excluding hydrogens is 367 g/mol. The predicted molar refractivity (Wildman–Crippen MR) is 102 cm³/mol. The van der Waals surface area contributed by atoms with Crippen LogP contribution in [-0.2, 0) is 5.60 Å². The number of rotatable bonds is 6. The van der Waals surface area contributed by atoms with Gasteiger partial charge < -0.3 is 10.0 Å². The van der Waals surface area contributed by atoms with Crippen LogP contribution in [0, 0.1) is 5.92 Å². The van der Waals surface area contributed by atoms with Gasteiger partial charge in [0.05, 0.1) is 0 Å². The number of hydrogen-bond donors (Lipinski definition) is 1. The molecule has 0 bridgehead atoms. The van der Waals surface area contributed by atoms with E-state index in [9.17, 15) is 23.1 Å². The highest BCUT2D eigenvalue weighted by atomic mass is 19.4. The largest absolute Gasteiger partial charge is 0.421 e. The van der Waals surface area contributed by atoms with Gasteiger partial charge in [0.2, 0.25) is 0 Å². The molecule has 3 rings (SSSR count). The van der Waals surface area contributed by atoms with Crippen molar-refractivity contribution >= 4 is 5.91 Å². The molecule has 1 amide bonds. The van der Waals surface area contributed by atoms with E-state index in [1.165, 1.54) is 37.1 Å². The normalized spacial score (nSPS) is 25.2. The van der Waals surface area contributed by atoms with Crippen molar-refractivity contribution in [2.75, 3.05) is 0 Å². The van der Waals surface area contributed by atoms with Crippen LogP contribution in [-0.4, -0.2) is 34.2 Å². The monoisotopic (exact) mass is 397 g/mol.